The molecular weight excluding hydrogens is 364 g/mol. The highest BCUT2D eigenvalue weighted by Crippen LogP contribution is 2.39. The van der Waals surface area contributed by atoms with Crippen LogP contribution < -0.4 is 4.72 Å². The van der Waals surface area contributed by atoms with Gasteiger partial charge in [-0.05, 0) is 32.6 Å². The average Bonchev–Trinajstić information content (AvgIpc) is 3.06. The minimum atomic E-state index is -3.52. The summed E-state index contributed by atoms with van der Waals surface area (Å²) in [7, 11) is -6.58. The Morgan fingerprint density at radius 2 is 1.68 bits per heavy atom. The van der Waals surface area contributed by atoms with Gasteiger partial charge in [0.2, 0.25) is 10.0 Å². The van der Waals surface area contributed by atoms with E-state index in [4.69, 9.17) is 4.74 Å². The van der Waals surface area contributed by atoms with Crippen LogP contribution in [0.25, 0.3) is 0 Å². The van der Waals surface area contributed by atoms with Crippen molar-refractivity contribution >= 4 is 19.9 Å². The lowest BCUT2D eigenvalue weighted by Gasteiger charge is -2.47. The van der Waals surface area contributed by atoms with Crippen LogP contribution in [0.4, 0.5) is 0 Å². The lowest BCUT2D eigenvalue weighted by Crippen LogP contribution is -2.62. The Bertz CT molecular complexity index is 651. The standard InChI is InChI=1S/C16H30N2O5S2/c1-14(16(6-2-3-7-16)18-8-10-23-11-9-18)17-25(21,22)15-4-12-24(19,20)13-5-15/h14-15,17H,2-13H2,1H3. The molecule has 0 amide bonds. The second kappa shape index (κ2) is 7.42. The van der Waals surface area contributed by atoms with Gasteiger partial charge >= 0.3 is 0 Å². The summed E-state index contributed by atoms with van der Waals surface area (Å²) in [5.41, 5.74) is -0.141. The smallest absolute Gasteiger partial charge is 0.214 e. The minimum Gasteiger partial charge on any atom is -0.379 e. The zero-order valence-electron chi connectivity index (χ0n) is 14.9. The summed E-state index contributed by atoms with van der Waals surface area (Å²) in [6.45, 7) is 5.04. The number of hydrogen-bond donors (Lipinski definition) is 1. The van der Waals surface area contributed by atoms with E-state index in [1.54, 1.807) is 0 Å². The average molecular weight is 395 g/mol. The largest absolute Gasteiger partial charge is 0.379 e. The molecule has 2 heterocycles. The van der Waals surface area contributed by atoms with Gasteiger partial charge in [0.1, 0.15) is 9.84 Å². The summed E-state index contributed by atoms with van der Waals surface area (Å²) in [6.07, 6.45) is 4.63. The van der Waals surface area contributed by atoms with Crippen LogP contribution in [0, 0.1) is 0 Å². The first-order valence-electron chi connectivity index (χ1n) is 9.30. The van der Waals surface area contributed by atoms with E-state index in [1.807, 2.05) is 6.92 Å². The zero-order valence-corrected chi connectivity index (χ0v) is 16.6. The fourth-order valence-corrected chi connectivity index (χ4v) is 8.20. The molecule has 1 unspecified atom stereocenters. The molecule has 1 aliphatic carbocycles. The molecule has 0 radical (unpaired) electrons. The molecule has 1 N–H and O–H groups in total. The molecule has 2 saturated heterocycles. The maximum Gasteiger partial charge on any atom is 0.214 e. The summed E-state index contributed by atoms with van der Waals surface area (Å²) in [4.78, 5) is 2.40. The SMILES string of the molecule is CC(NS(=O)(=O)C1CCS(=O)(=O)CC1)C1(N2CCOCC2)CCCC1. The molecule has 2 aliphatic heterocycles. The first-order valence-corrected chi connectivity index (χ1v) is 12.7. The van der Waals surface area contributed by atoms with Crippen LogP contribution in [0.2, 0.25) is 0 Å². The van der Waals surface area contributed by atoms with Crippen molar-refractivity contribution in [1.29, 1.82) is 0 Å². The van der Waals surface area contributed by atoms with E-state index in [0.29, 0.717) is 13.2 Å². The molecule has 1 atom stereocenters. The van der Waals surface area contributed by atoms with Crippen molar-refractivity contribution in [2.24, 2.45) is 0 Å². The highest BCUT2D eigenvalue weighted by molar-refractivity contribution is 7.92. The predicted molar refractivity (Wildman–Crippen MR) is 96.8 cm³/mol. The van der Waals surface area contributed by atoms with Gasteiger partial charge in [-0.3, -0.25) is 4.90 Å². The molecule has 146 valence electrons. The van der Waals surface area contributed by atoms with Gasteiger partial charge in [-0.2, -0.15) is 0 Å². The maximum atomic E-state index is 12.8. The van der Waals surface area contributed by atoms with Crippen LogP contribution in [0.1, 0.15) is 45.4 Å². The first-order chi connectivity index (χ1) is 11.8. The highest BCUT2D eigenvalue weighted by Gasteiger charge is 2.46. The van der Waals surface area contributed by atoms with E-state index < -0.39 is 25.1 Å². The van der Waals surface area contributed by atoms with Gasteiger partial charge in [0, 0.05) is 24.7 Å². The van der Waals surface area contributed by atoms with E-state index in [-0.39, 0.29) is 35.9 Å². The number of morpholine rings is 1. The van der Waals surface area contributed by atoms with Crippen molar-refractivity contribution in [3.05, 3.63) is 0 Å². The Labute approximate surface area is 151 Å². The van der Waals surface area contributed by atoms with Gasteiger partial charge in [0.15, 0.2) is 0 Å². The minimum absolute atomic E-state index is 0.0262. The number of sulfonamides is 1. The molecule has 0 aromatic heterocycles. The number of rotatable bonds is 5. The topological polar surface area (TPSA) is 92.8 Å². The van der Waals surface area contributed by atoms with Crippen molar-refractivity contribution in [2.45, 2.75) is 62.3 Å². The van der Waals surface area contributed by atoms with Crippen LogP contribution in [0.15, 0.2) is 0 Å². The summed E-state index contributed by atoms with van der Waals surface area (Å²) < 4.78 is 57.2. The third kappa shape index (κ3) is 4.21. The Kier molecular flexibility index (Phi) is 5.80. The lowest BCUT2D eigenvalue weighted by molar-refractivity contribution is -0.0304. The van der Waals surface area contributed by atoms with E-state index in [9.17, 15) is 16.8 Å². The van der Waals surface area contributed by atoms with Crippen LogP contribution >= 0.6 is 0 Å². The molecule has 9 heteroatoms. The molecule has 0 bridgehead atoms. The Morgan fingerprint density at radius 3 is 2.24 bits per heavy atom. The molecule has 0 aromatic rings. The van der Waals surface area contributed by atoms with Crippen LogP contribution in [0.5, 0.6) is 0 Å². The Morgan fingerprint density at radius 1 is 1.12 bits per heavy atom. The molecule has 25 heavy (non-hydrogen) atoms. The molecule has 3 aliphatic rings. The Hall–Kier alpha value is -0.220. The predicted octanol–water partition coefficient (Wildman–Crippen LogP) is 0.517. The molecule has 3 fully saturated rings. The van der Waals surface area contributed by atoms with Crippen LogP contribution in [-0.2, 0) is 24.6 Å². The van der Waals surface area contributed by atoms with Crippen molar-refractivity contribution in [2.75, 3.05) is 37.8 Å². The van der Waals surface area contributed by atoms with Crippen molar-refractivity contribution in [3.8, 4) is 0 Å². The number of hydrogen-bond acceptors (Lipinski definition) is 6. The highest BCUT2D eigenvalue weighted by atomic mass is 32.2. The van der Waals surface area contributed by atoms with E-state index in [2.05, 4.69) is 9.62 Å². The molecule has 7 nitrogen and oxygen atoms in total. The second-order valence-corrected chi connectivity index (χ2v) is 11.9. The maximum absolute atomic E-state index is 12.8. The fourth-order valence-electron chi connectivity index (χ4n) is 4.65. The van der Waals surface area contributed by atoms with Gasteiger partial charge in [0.25, 0.3) is 0 Å². The lowest BCUT2D eigenvalue weighted by atomic mass is 9.87. The van der Waals surface area contributed by atoms with Gasteiger partial charge in [-0.15, -0.1) is 0 Å². The normalized spacial score (nSPS) is 29.5. The van der Waals surface area contributed by atoms with Gasteiger partial charge in [0.05, 0.1) is 30.0 Å². The number of sulfone groups is 1. The molecule has 1 saturated carbocycles. The van der Waals surface area contributed by atoms with Crippen molar-refractivity contribution in [3.63, 3.8) is 0 Å². The quantitative estimate of drug-likeness (QED) is 0.731. The Balaban J connectivity index is 1.71. The van der Waals surface area contributed by atoms with Crippen LogP contribution in [0.3, 0.4) is 0 Å². The van der Waals surface area contributed by atoms with E-state index in [0.717, 1.165) is 38.8 Å². The summed E-state index contributed by atoms with van der Waals surface area (Å²) in [5.74, 6) is -0.0525. The first kappa shape index (κ1) is 19.5. The molecule has 0 spiro atoms. The summed E-state index contributed by atoms with van der Waals surface area (Å²) in [5, 5.41) is -0.596. The van der Waals surface area contributed by atoms with Gasteiger partial charge in [-0.25, -0.2) is 21.6 Å². The summed E-state index contributed by atoms with van der Waals surface area (Å²) in [6, 6.07) is -0.184. The van der Waals surface area contributed by atoms with Crippen LogP contribution in [-0.4, -0.2) is 76.4 Å². The zero-order chi connectivity index (χ0) is 18.1. The van der Waals surface area contributed by atoms with Crippen molar-refractivity contribution in [1.82, 2.24) is 9.62 Å². The van der Waals surface area contributed by atoms with Crippen molar-refractivity contribution < 1.29 is 21.6 Å². The van der Waals surface area contributed by atoms with Gasteiger partial charge < -0.3 is 4.74 Å². The van der Waals surface area contributed by atoms with E-state index >= 15 is 0 Å². The number of nitrogens with zero attached hydrogens (tertiary/aromatic N) is 1. The third-order valence-corrected chi connectivity index (χ3v) is 9.94. The van der Waals surface area contributed by atoms with Gasteiger partial charge in [-0.1, -0.05) is 12.8 Å². The molecular formula is C16H30N2O5S2. The third-order valence-electron chi connectivity index (χ3n) is 6.20. The monoisotopic (exact) mass is 394 g/mol. The molecule has 3 rings (SSSR count). The fraction of sp³-hybridized carbons (Fsp3) is 1.00. The number of nitrogens with one attached hydrogen (secondary N) is 1. The molecule has 0 aromatic carbocycles. The van der Waals surface area contributed by atoms with E-state index in [1.165, 1.54) is 0 Å². The number of ether oxygens (including phenoxy) is 1. The second-order valence-electron chi connectivity index (χ2n) is 7.65. The summed E-state index contributed by atoms with van der Waals surface area (Å²) >= 11 is 0.